The van der Waals surface area contributed by atoms with Gasteiger partial charge in [-0.25, -0.2) is 0 Å². The molecule has 0 radical (unpaired) electrons. The van der Waals surface area contributed by atoms with E-state index in [2.05, 4.69) is 10.3 Å². The Bertz CT molecular complexity index is 629. The lowest BCUT2D eigenvalue weighted by Gasteiger charge is -2.24. The van der Waals surface area contributed by atoms with E-state index >= 15 is 0 Å². The number of rotatable bonds is 4. The number of aryl methyl sites for hydroxylation is 1. The van der Waals surface area contributed by atoms with Gasteiger partial charge >= 0.3 is 0 Å². The van der Waals surface area contributed by atoms with E-state index in [1.807, 2.05) is 50.2 Å². The van der Waals surface area contributed by atoms with Crippen molar-refractivity contribution in [2.24, 2.45) is 0 Å². The lowest BCUT2D eigenvalue weighted by atomic mass is 10.1. The fourth-order valence-electron chi connectivity index (χ4n) is 2.19. The maximum atomic E-state index is 12.6. The molecule has 1 heterocycles. The molecule has 1 unspecified atom stereocenters. The molecule has 2 rings (SSSR count). The molecule has 1 amide bonds. The van der Waals surface area contributed by atoms with Crippen LogP contribution in [0.1, 0.15) is 17.2 Å². The van der Waals surface area contributed by atoms with E-state index < -0.39 is 6.04 Å². The SMILES string of the molecule is Cc1cc(Cl)ccc1NC(=O)C(c1cccnc1)N(C)C. The molecule has 0 saturated heterocycles. The third kappa shape index (κ3) is 3.80. The molecule has 0 aliphatic heterocycles. The average Bonchev–Trinajstić information content (AvgIpc) is 2.43. The lowest BCUT2D eigenvalue weighted by molar-refractivity contribution is -0.120. The van der Waals surface area contributed by atoms with Gasteiger partial charge in [-0.3, -0.25) is 14.7 Å². The molecule has 1 aromatic carbocycles. The molecule has 0 fully saturated rings. The number of benzene rings is 1. The first kappa shape index (κ1) is 15.5. The minimum Gasteiger partial charge on any atom is -0.324 e. The van der Waals surface area contributed by atoms with Crippen LogP contribution in [-0.4, -0.2) is 29.9 Å². The minimum absolute atomic E-state index is 0.0987. The third-order valence-corrected chi connectivity index (χ3v) is 3.45. The van der Waals surface area contributed by atoms with Crippen LogP contribution in [0.15, 0.2) is 42.7 Å². The van der Waals surface area contributed by atoms with Crippen LogP contribution in [0.5, 0.6) is 0 Å². The van der Waals surface area contributed by atoms with E-state index in [1.165, 1.54) is 0 Å². The number of carbonyl (C=O) groups is 1. The predicted octanol–water partition coefficient (Wildman–Crippen LogP) is 3.28. The van der Waals surface area contributed by atoms with Gasteiger partial charge in [0.05, 0.1) is 0 Å². The Balaban J connectivity index is 2.24. The van der Waals surface area contributed by atoms with Gasteiger partial charge in [0.25, 0.3) is 0 Å². The highest BCUT2D eigenvalue weighted by atomic mass is 35.5. The average molecular weight is 304 g/mol. The van der Waals surface area contributed by atoms with Crippen LogP contribution in [0.4, 0.5) is 5.69 Å². The van der Waals surface area contributed by atoms with Crippen molar-refractivity contribution in [1.82, 2.24) is 9.88 Å². The monoisotopic (exact) mass is 303 g/mol. The second-order valence-corrected chi connectivity index (χ2v) is 5.54. The number of likely N-dealkylation sites (N-methyl/N-ethyl adjacent to an activating group) is 1. The third-order valence-electron chi connectivity index (χ3n) is 3.21. The summed E-state index contributed by atoms with van der Waals surface area (Å²) in [5.41, 5.74) is 2.55. The summed E-state index contributed by atoms with van der Waals surface area (Å²) in [6.07, 6.45) is 3.40. The van der Waals surface area contributed by atoms with Crippen LogP contribution in [0.3, 0.4) is 0 Å². The predicted molar refractivity (Wildman–Crippen MR) is 85.5 cm³/mol. The summed E-state index contributed by atoms with van der Waals surface area (Å²) in [5.74, 6) is -0.0987. The summed E-state index contributed by atoms with van der Waals surface area (Å²) < 4.78 is 0. The standard InChI is InChI=1S/C16H18ClN3O/c1-11-9-13(17)6-7-14(11)19-16(21)15(20(2)3)12-5-4-8-18-10-12/h4-10,15H,1-3H3,(H,19,21). The zero-order chi connectivity index (χ0) is 15.4. The topological polar surface area (TPSA) is 45.2 Å². The van der Waals surface area contributed by atoms with Crippen LogP contribution in [0.2, 0.25) is 5.02 Å². The van der Waals surface area contributed by atoms with Crippen LogP contribution >= 0.6 is 11.6 Å². The number of hydrogen-bond acceptors (Lipinski definition) is 3. The first-order valence-corrected chi connectivity index (χ1v) is 7.00. The fourth-order valence-corrected chi connectivity index (χ4v) is 2.42. The molecule has 0 aliphatic rings. The molecule has 0 saturated carbocycles. The van der Waals surface area contributed by atoms with Crippen molar-refractivity contribution < 1.29 is 4.79 Å². The molecule has 2 aromatic rings. The molecular weight excluding hydrogens is 286 g/mol. The Hall–Kier alpha value is -1.91. The van der Waals surface area contributed by atoms with Gasteiger partial charge in [0, 0.05) is 23.1 Å². The number of amides is 1. The smallest absolute Gasteiger partial charge is 0.246 e. The van der Waals surface area contributed by atoms with E-state index in [1.54, 1.807) is 18.5 Å². The molecule has 110 valence electrons. The van der Waals surface area contributed by atoms with Crippen molar-refractivity contribution in [3.05, 3.63) is 58.9 Å². The highest BCUT2D eigenvalue weighted by Gasteiger charge is 2.23. The number of hydrogen-bond donors (Lipinski definition) is 1. The molecule has 5 heteroatoms. The van der Waals surface area contributed by atoms with Gasteiger partial charge in [0.1, 0.15) is 6.04 Å². The summed E-state index contributed by atoms with van der Waals surface area (Å²) >= 11 is 5.93. The van der Waals surface area contributed by atoms with Gasteiger partial charge < -0.3 is 5.32 Å². The minimum atomic E-state index is -0.395. The molecular formula is C16H18ClN3O. The van der Waals surface area contributed by atoms with Crippen LogP contribution in [-0.2, 0) is 4.79 Å². The molecule has 4 nitrogen and oxygen atoms in total. The highest BCUT2D eigenvalue weighted by Crippen LogP contribution is 2.23. The van der Waals surface area contributed by atoms with Gasteiger partial charge in [-0.15, -0.1) is 0 Å². The van der Waals surface area contributed by atoms with Crippen molar-refractivity contribution in [1.29, 1.82) is 0 Å². The van der Waals surface area contributed by atoms with Gasteiger partial charge in [0.2, 0.25) is 5.91 Å². The molecule has 1 atom stereocenters. The van der Waals surface area contributed by atoms with Gasteiger partial charge in [0.15, 0.2) is 0 Å². The van der Waals surface area contributed by atoms with Crippen LogP contribution in [0.25, 0.3) is 0 Å². The summed E-state index contributed by atoms with van der Waals surface area (Å²) in [4.78, 5) is 18.5. The molecule has 1 aromatic heterocycles. The number of carbonyl (C=O) groups excluding carboxylic acids is 1. The molecule has 21 heavy (non-hydrogen) atoms. The Morgan fingerprint density at radius 3 is 2.67 bits per heavy atom. The van der Waals surface area contributed by atoms with E-state index in [0.29, 0.717) is 5.02 Å². The maximum Gasteiger partial charge on any atom is 0.246 e. The van der Waals surface area contributed by atoms with Gasteiger partial charge in [-0.05, 0) is 56.4 Å². The number of pyridine rings is 1. The number of nitrogens with one attached hydrogen (secondary N) is 1. The largest absolute Gasteiger partial charge is 0.324 e. The molecule has 1 N–H and O–H groups in total. The van der Waals surface area contributed by atoms with Crippen molar-refractivity contribution in [2.75, 3.05) is 19.4 Å². The number of aromatic nitrogens is 1. The Morgan fingerprint density at radius 2 is 2.10 bits per heavy atom. The molecule has 0 spiro atoms. The zero-order valence-electron chi connectivity index (χ0n) is 12.3. The summed E-state index contributed by atoms with van der Waals surface area (Å²) in [7, 11) is 3.73. The number of nitrogens with zero attached hydrogens (tertiary/aromatic N) is 2. The normalized spacial score (nSPS) is 12.2. The Morgan fingerprint density at radius 1 is 1.33 bits per heavy atom. The zero-order valence-corrected chi connectivity index (χ0v) is 13.1. The van der Waals surface area contributed by atoms with Crippen molar-refractivity contribution in [3.8, 4) is 0 Å². The first-order chi connectivity index (χ1) is 9.99. The second kappa shape index (κ2) is 6.70. The van der Waals surface area contributed by atoms with Crippen molar-refractivity contribution in [3.63, 3.8) is 0 Å². The van der Waals surface area contributed by atoms with Crippen molar-refractivity contribution in [2.45, 2.75) is 13.0 Å². The first-order valence-electron chi connectivity index (χ1n) is 6.62. The summed E-state index contributed by atoms with van der Waals surface area (Å²) in [6, 6.07) is 8.73. The molecule has 0 bridgehead atoms. The van der Waals surface area contributed by atoms with Crippen molar-refractivity contribution >= 4 is 23.2 Å². The molecule has 0 aliphatic carbocycles. The summed E-state index contributed by atoms with van der Waals surface area (Å²) in [5, 5.41) is 3.60. The lowest BCUT2D eigenvalue weighted by Crippen LogP contribution is -2.32. The number of anilines is 1. The van der Waals surface area contributed by atoms with Gasteiger partial charge in [-0.1, -0.05) is 17.7 Å². The Kier molecular flexibility index (Phi) is 4.94. The van der Waals surface area contributed by atoms with E-state index in [-0.39, 0.29) is 5.91 Å². The second-order valence-electron chi connectivity index (χ2n) is 5.10. The number of halogens is 1. The van der Waals surface area contributed by atoms with Crippen LogP contribution in [0, 0.1) is 6.92 Å². The van der Waals surface area contributed by atoms with Gasteiger partial charge in [-0.2, -0.15) is 0 Å². The van der Waals surface area contributed by atoms with E-state index in [0.717, 1.165) is 16.8 Å². The van der Waals surface area contributed by atoms with E-state index in [4.69, 9.17) is 11.6 Å². The highest BCUT2D eigenvalue weighted by molar-refractivity contribution is 6.30. The summed E-state index contributed by atoms with van der Waals surface area (Å²) in [6.45, 7) is 1.91. The van der Waals surface area contributed by atoms with E-state index in [9.17, 15) is 4.79 Å². The quantitative estimate of drug-likeness (QED) is 0.942. The Labute approximate surface area is 129 Å². The fraction of sp³-hybridized carbons (Fsp3) is 0.250. The van der Waals surface area contributed by atoms with Crippen LogP contribution < -0.4 is 5.32 Å². The maximum absolute atomic E-state index is 12.6.